The maximum atomic E-state index is 14.0. The number of carbonyl (C=O) groups excluding carboxylic acids is 1. The average Bonchev–Trinajstić information content (AvgIpc) is 3.20. The van der Waals surface area contributed by atoms with Crippen molar-refractivity contribution < 1.29 is 19.0 Å². The Labute approximate surface area is 171 Å². The fourth-order valence-electron chi connectivity index (χ4n) is 3.61. The van der Waals surface area contributed by atoms with Crippen molar-refractivity contribution in [2.75, 3.05) is 32.8 Å². The number of nitrogens with zero attached hydrogens (tertiary/aromatic N) is 5. The Kier molecular flexibility index (Phi) is 5.37. The van der Waals surface area contributed by atoms with Gasteiger partial charge in [-0.25, -0.2) is 14.2 Å². The van der Waals surface area contributed by atoms with Gasteiger partial charge in [0.1, 0.15) is 11.6 Å². The minimum absolute atomic E-state index is 0.00711. The van der Waals surface area contributed by atoms with E-state index in [4.69, 9.17) is 4.74 Å². The molecule has 29 heavy (non-hydrogen) atoms. The zero-order valence-electron chi connectivity index (χ0n) is 16.2. The van der Waals surface area contributed by atoms with Crippen molar-refractivity contribution in [1.29, 1.82) is 0 Å². The van der Waals surface area contributed by atoms with Crippen molar-refractivity contribution in [3.05, 3.63) is 46.3 Å². The van der Waals surface area contributed by atoms with E-state index >= 15 is 0 Å². The largest absolute Gasteiger partial charge is 0.492 e. The highest BCUT2D eigenvalue weighted by molar-refractivity contribution is 7.17. The fourth-order valence-corrected chi connectivity index (χ4v) is 4.77. The molecule has 10 heteroatoms. The van der Waals surface area contributed by atoms with Gasteiger partial charge in [-0.2, -0.15) is 4.52 Å². The van der Waals surface area contributed by atoms with Crippen molar-refractivity contribution >= 4 is 22.4 Å². The molecule has 0 saturated carbocycles. The van der Waals surface area contributed by atoms with Crippen LogP contribution in [0.3, 0.4) is 0 Å². The third kappa shape index (κ3) is 3.77. The van der Waals surface area contributed by atoms with Gasteiger partial charge in [0.25, 0.3) is 0 Å². The summed E-state index contributed by atoms with van der Waals surface area (Å²) in [6, 6.07) is 5.99. The number of ether oxygens (including phenoxy) is 1. The molecule has 0 spiro atoms. The summed E-state index contributed by atoms with van der Waals surface area (Å²) in [6.07, 6.45) is -0.327. The number of thiazole rings is 1. The van der Waals surface area contributed by atoms with E-state index < -0.39 is 0 Å². The van der Waals surface area contributed by atoms with Crippen LogP contribution in [-0.2, 0) is 4.74 Å². The molecule has 1 aromatic carbocycles. The summed E-state index contributed by atoms with van der Waals surface area (Å²) in [6.45, 7) is 5.98. The molecule has 3 aromatic rings. The number of fused-ring (bicyclic) bond motifs is 1. The average molecular weight is 419 g/mol. The number of piperazine rings is 1. The van der Waals surface area contributed by atoms with Crippen LogP contribution < -0.4 is 0 Å². The topological polar surface area (TPSA) is 83.2 Å². The van der Waals surface area contributed by atoms with Gasteiger partial charge >= 0.3 is 6.09 Å². The zero-order chi connectivity index (χ0) is 20.5. The molecule has 1 fully saturated rings. The van der Waals surface area contributed by atoms with Gasteiger partial charge in [0, 0.05) is 26.2 Å². The summed E-state index contributed by atoms with van der Waals surface area (Å²) in [5.74, 6) is 0.239. The molecular weight excluding hydrogens is 397 g/mol. The third-order valence-corrected chi connectivity index (χ3v) is 6.00. The lowest BCUT2D eigenvalue weighted by atomic mass is 10.0. The minimum atomic E-state index is -0.371. The summed E-state index contributed by atoms with van der Waals surface area (Å²) in [5.41, 5.74) is 0.728. The molecule has 1 aliphatic heterocycles. The molecule has 0 bridgehead atoms. The number of aromatic hydroxyl groups is 1. The minimum Gasteiger partial charge on any atom is -0.492 e. The third-order valence-electron chi connectivity index (χ3n) is 4.92. The molecule has 1 atom stereocenters. The molecule has 8 nitrogen and oxygen atoms in total. The molecule has 0 radical (unpaired) electrons. The molecule has 4 rings (SSSR count). The smallest absolute Gasteiger partial charge is 0.409 e. The predicted octanol–water partition coefficient (Wildman–Crippen LogP) is 2.81. The van der Waals surface area contributed by atoms with Crippen LogP contribution in [0, 0.1) is 12.7 Å². The Hall–Kier alpha value is -2.72. The fraction of sp³-hybridized carbons (Fsp3) is 0.421. The Morgan fingerprint density at radius 1 is 1.34 bits per heavy atom. The van der Waals surface area contributed by atoms with Crippen LogP contribution in [0.4, 0.5) is 9.18 Å². The summed E-state index contributed by atoms with van der Waals surface area (Å²) < 4.78 is 20.5. The SMILES string of the molecule is CCOC(=O)N1CCN([C@@H](c2cccc(F)c2)c2sc3nc(C)nn3c2O)CC1. The van der Waals surface area contributed by atoms with Gasteiger partial charge in [-0.05, 0) is 31.5 Å². The molecule has 0 unspecified atom stereocenters. The van der Waals surface area contributed by atoms with Gasteiger partial charge in [-0.3, -0.25) is 4.90 Å². The Bertz CT molecular complexity index is 1030. The summed E-state index contributed by atoms with van der Waals surface area (Å²) in [4.78, 5) is 21.4. The molecule has 1 N–H and O–H groups in total. The standard InChI is InChI=1S/C19H22FN5O3S/c1-3-28-19(27)24-9-7-23(8-10-24)15(13-5-4-6-14(20)11-13)16-17(26)25-18(29-16)21-12(2)22-25/h4-6,11,15,26H,3,7-10H2,1-2H3/t15-/m0/s1. The number of rotatable bonds is 4. The Morgan fingerprint density at radius 2 is 2.10 bits per heavy atom. The number of aromatic nitrogens is 3. The van der Waals surface area contributed by atoms with Crippen molar-refractivity contribution in [3.8, 4) is 5.88 Å². The van der Waals surface area contributed by atoms with E-state index in [2.05, 4.69) is 15.0 Å². The van der Waals surface area contributed by atoms with Crippen molar-refractivity contribution in [2.24, 2.45) is 0 Å². The first-order valence-corrected chi connectivity index (χ1v) is 10.3. The van der Waals surface area contributed by atoms with E-state index in [9.17, 15) is 14.3 Å². The van der Waals surface area contributed by atoms with E-state index in [1.165, 1.54) is 28.0 Å². The second kappa shape index (κ2) is 7.96. The molecule has 2 aromatic heterocycles. The Morgan fingerprint density at radius 3 is 2.76 bits per heavy atom. The lowest BCUT2D eigenvalue weighted by Gasteiger charge is -2.38. The number of aryl methyl sites for hydroxylation is 1. The van der Waals surface area contributed by atoms with Crippen LogP contribution in [-0.4, -0.2) is 68.4 Å². The van der Waals surface area contributed by atoms with Crippen LogP contribution >= 0.6 is 11.3 Å². The van der Waals surface area contributed by atoms with Gasteiger partial charge in [0.15, 0.2) is 0 Å². The highest BCUT2D eigenvalue weighted by Gasteiger charge is 2.33. The lowest BCUT2D eigenvalue weighted by molar-refractivity contribution is 0.0715. The number of halogens is 1. The first-order chi connectivity index (χ1) is 14.0. The van der Waals surface area contributed by atoms with Crippen molar-refractivity contribution in [3.63, 3.8) is 0 Å². The number of carbonyl (C=O) groups is 1. The maximum absolute atomic E-state index is 14.0. The normalized spacial score (nSPS) is 16.3. The zero-order valence-corrected chi connectivity index (χ0v) is 17.0. The molecule has 154 valence electrons. The van der Waals surface area contributed by atoms with Gasteiger partial charge in [0.2, 0.25) is 10.8 Å². The number of benzene rings is 1. The summed E-state index contributed by atoms with van der Waals surface area (Å²) in [7, 11) is 0. The molecular formula is C19H22FN5O3S. The Balaban J connectivity index is 1.67. The van der Waals surface area contributed by atoms with E-state index in [1.54, 1.807) is 24.8 Å². The monoisotopic (exact) mass is 419 g/mol. The molecule has 1 saturated heterocycles. The van der Waals surface area contributed by atoms with E-state index in [-0.39, 0.29) is 23.8 Å². The van der Waals surface area contributed by atoms with Crippen LogP contribution in [0.15, 0.2) is 24.3 Å². The second-order valence-corrected chi connectivity index (χ2v) is 7.83. The summed E-state index contributed by atoms with van der Waals surface area (Å²) in [5, 5.41) is 15.0. The van der Waals surface area contributed by atoms with Crippen molar-refractivity contribution in [2.45, 2.75) is 19.9 Å². The van der Waals surface area contributed by atoms with Crippen LogP contribution in [0.5, 0.6) is 5.88 Å². The van der Waals surface area contributed by atoms with E-state index in [0.29, 0.717) is 48.4 Å². The number of hydrogen-bond donors (Lipinski definition) is 1. The van der Waals surface area contributed by atoms with Crippen LogP contribution in [0.1, 0.15) is 29.2 Å². The van der Waals surface area contributed by atoms with Crippen LogP contribution in [0.2, 0.25) is 0 Å². The maximum Gasteiger partial charge on any atom is 0.409 e. The quantitative estimate of drug-likeness (QED) is 0.700. The van der Waals surface area contributed by atoms with Crippen molar-refractivity contribution in [1.82, 2.24) is 24.4 Å². The van der Waals surface area contributed by atoms with Gasteiger partial charge in [-0.1, -0.05) is 23.5 Å². The lowest BCUT2D eigenvalue weighted by Crippen LogP contribution is -2.49. The molecule has 1 aliphatic rings. The van der Waals surface area contributed by atoms with Gasteiger partial charge in [0.05, 0.1) is 17.5 Å². The van der Waals surface area contributed by atoms with Crippen LogP contribution in [0.25, 0.3) is 4.96 Å². The first kappa shape index (κ1) is 19.6. The van der Waals surface area contributed by atoms with E-state index in [0.717, 1.165) is 5.56 Å². The molecule has 3 heterocycles. The molecule has 0 aliphatic carbocycles. The highest BCUT2D eigenvalue weighted by Crippen LogP contribution is 2.40. The summed E-state index contributed by atoms with van der Waals surface area (Å²) >= 11 is 1.33. The van der Waals surface area contributed by atoms with Gasteiger partial charge in [-0.15, -0.1) is 5.10 Å². The highest BCUT2D eigenvalue weighted by atomic mass is 32.1. The molecule has 1 amide bonds. The second-order valence-electron chi connectivity index (χ2n) is 6.82. The first-order valence-electron chi connectivity index (χ1n) is 9.44. The number of hydrogen-bond acceptors (Lipinski definition) is 7. The predicted molar refractivity (Wildman–Crippen MR) is 106 cm³/mol. The number of amides is 1. The van der Waals surface area contributed by atoms with E-state index in [1.807, 2.05) is 6.07 Å². The van der Waals surface area contributed by atoms with Gasteiger partial charge < -0.3 is 14.7 Å².